The van der Waals surface area contributed by atoms with Crippen molar-refractivity contribution >= 4 is 81.5 Å². The molecular weight excluding hydrogens is 799 g/mol. The molecule has 5 heterocycles. The maximum absolute atomic E-state index is 12.0. The van der Waals surface area contributed by atoms with Crippen molar-refractivity contribution in [3.05, 3.63) is 106 Å². The van der Waals surface area contributed by atoms with Crippen molar-refractivity contribution in [2.75, 3.05) is 13.2 Å². The maximum Gasteiger partial charge on any atom is 0.307 e. The van der Waals surface area contributed by atoms with Crippen LogP contribution >= 0.6 is 23.2 Å². The van der Waals surface area contributed by atoms with Gasteiger partial charge in [0.15, 0.2) is 0 Å². The van der Waals surface area contributed by atoms with Gasteiger partial charge in [-0.1, -0.05) is 89.0 Å². The Labute approximate surface area is 359 Å². The molecular formula is C48H48Cl2N4O6. The molecule has 2 aromatic carbocycles. The second kappa shape index (κ2) is 17.0. The summed E-state index contributed by atoms with van der Waals surface area (Å²) in [7, 11) is 0. The van der Waals surface area contributed by atoms with Crippen molar-refractivity contribution in [3.8, 4) is 33.8 Å². The van der Waals surface area contributed by atoms with E-state index in [-0.39, 0.29) is 13.2 Å². The Bertz CT molecular complexity index is 2510. The Morgan fingerprint density at radius 2 is 0.950 bits per heavy atom. The number of aliphatic carboxylic acids is 2. The summed E-state index contributed by atoms with van der Waals surface area (Å²) in [6, 6.07) is 23.0. The third kappa shape index (κ3) is 9.15. The van der Waals surface area contributed by atoms with E-state index < -0.39 is 34.6 Å². The molecule has 0 radical (unpaired) electrons. The zero-order valence-corrected chi connectivity index (χ0v) is 35.9. The molecule has 3 aromatic heterocycles. The molecule has 310 valence electrons. The molecule has 7 rings (SSSR count). The second-order valence-electron chi connectivity index (χ2n) is 17.2. The first kappa shape index (κ1) is 42.3. The molecule has 4 N–H and O–H groups in total. The van der Waals surface area contributed by atoms with Gasteiger partial charge in [0.25, 0.3) is 0 Å². The number of hydrogen-bond donors (Lipinski definition) is 4. The lowest BCUT2D eigenvalue weighted by Crippen LogP contribution is -2.29. The van der Waals surface area contributed by atoms with Crippen LogP contribution in [0.25, 0.3) is 68.6 Å². The van der Waals surface area contributed by atoms with Crippen molar-refractivity contribution in [2.24, 2.45) is 22.7 Å². The SMILES string of the molecule is CC(C)(C)C(CCOc1cccc(-c2c3nc(c(Cl)c4ccc([nH]4)c(-c4cccc(OCCC(C(=O)O)C(C)(C)C)c4)c4nc(c(Cl)c5ccc2[nH]5)C=C4)C=C3)c1)C(=O)O. The van der Waals surface area contributed by atoms with Gasteiger partial charge in [-0.2, -0.15) is 0 Å². The summed E-state index contributed by atoms with van der Waals surface area (Å²) in [5.74, 6) is -1.60. The van der Waals surface area contributed by atoms with Gasteiger partial charge in [-0.15, -0.1) is 0 Å². The van der Waals surface area contributed by atoms with Gasteiger partial charge in [0.1, 0.15) is 11.5 Å². The van der Waals surface area contributed by atoms with E-state index in [1.807, 2.05) is 139 Å². The minimum Gasteiger partial charge on any atom is -0.494 e. The van der Waals surface area contributed by atoms with E-state index in [1.165, 1.54) is 0 Å². The highest BCUT2D eigenvalue weighted by Gasteiger charge is 2.32. The topological polar surface area (TPSA) is 150 Å². The molecule has 12 heteroatoms. The molecule has 0 aliphatic carbocycles. The highest BCUT2D eigenvalue weighted by molar-refractivity contribution is 6.36. The lowest BCUT2D eigenvalue weighted by atomic mass is 9.79. The first-order valence-electron chi connectivity index (χ1n) is 19.9. The number of ether oxygens (including phenoxy) is 2. The van der Waals surface area contributed by atoms with Crippen LogP contribution < -0.4 is 9.47 Å². The van der Waals surface area contributed by atoms with Gasteiger partial charge in [0.2, 0.25) is 0 Å². The molecule has 10 nitrogen and oxygen atoms in total. The molecule has 2 aliphatic heterocycles. The fourth-order valence-electron chi connectivity index (χ4n) is 7.67. The van der Waals surface area contributed by atoms with Crippen LogP contribution in [-0.2, 0) is 9.59 Å². The van der Waals surface area contributed by atoms with Crippen LogP contribution in [0.4, 0.5) is 0 Å². The molecule has 2 unspecified atom stereocenters. The molecule has 0 spiro atoms. The number of H-pyrrole nitrogens is 2. The minimum atomic E-state index is -0.840. The molecule has 0 fully saturated rings. The summed E-state index contributed by atoms with van der Waals surface area (Å²) in [5.41, 5.74) is 7.67. The van der Waals surface area contributed by atoms with Gasteiger partial charge in [0.05, 0.1) is 68.9 Å². The average molecular weight is 848 g/mol. The highest BCUT2D eigenvalue weighted by Crippen LogP contribution is 2.38. The molecule has 5 aromatic rings. The number of rotatable bonds is 12. The number of carboxylic acid groups (broad SMARTS) is 2. The monoisotopic (exact) mass is 846 g/mol. The maximum atomic E-state index is 12.0. The first-order chi connectivity index (χ1) is 28.5. The number of fused-ring (bicyclic) bond motifs is 8. The van der Waals surface area contributed by atoms with E-state index >= 15 is 0 Å². The molecule has 0 amide bonds. The van der Waals surface area contributed by atoms with E-state index in [1.54, 1.807) is 0 Å². The number of aromatic nitrogens is 4. The van der Waals surface area contributed by atoms with Gasteiger partial charge in [0, 0.05) is 22.2 Å². The number of halogens is 2. The quantitative estimate of drug-likeness (QED) is 0.0949. The molecule has 0 saturated heterocycles. The van der Waals surface area contributed by atoms with Crippen LogP contribution in [0.15, 0.2) is 72.8 Å². The predicted molar refractivity (Wildman–Crippen MR) is 241 cm³/mol. The van der Waals surface area contributed by atoms with Crippen LogP contribution in [0, 0.1) is 22.7 Å². The number of aromatic amines is 2. The van der Waals surface area contributed by atoms with Crippen LogP contribution in [0.3, 0.4) is 0 Å². The molecule has 60 heavy (non-hydrogen) atoms. The standard InChI is InChI=1S/C48H48Cl2N4O6/c1-47(2,3)31(45(55)56)21-23-59-29-11-7-9-27(25-29)41-33-13-17-37(51-33)43(49)39-19-15-35(53-39)42(36-16-20-40(54-36)44(50)38-18-14-34(41)52-38)28-10-8-12-30(26-28)60-24-22-32(46(57)58)48(4,5)6/h7-20,25-26,31-32,51,54H,21-24H2,1-6H3,(H,55,56)(H,57,58). The zero-order valence-electron chi connectivity index (χ0n) is 34.4. The number of carboxylic acids is 2. The minimum absolute atomic E-state index is 0.241. The fourth-order valence-corrected chi connectivity index (χ4v) is 8.10. The summed E-state index contributed by atoms with van der Waals surface area (Å²) < 4.78 is 12.3. The Kier molecular flexibility index (Phi) is 12.0. The van der Waals surface area contributed by atoms with Gasteiger partial charge in [-0.05, 0) is 108 Å². The lowest BCUT2D eigenvalue weighted by molar-refractivity contribution is -0.147. The normalized spacial score (nSPS) is 13.6. The Morgan fingerprint density at radius 3 is 1.32 bits per heavy atom. The van der Waals surface area contributed by atoms with Crippen molar-refractivity contribution in [1.29, 1.82) is 0 Å². The number of hydrogen-bond acceptors (Lipinski definition) is 6. The van der Waals surface area contributed by atoms with Crippen molar-refractivity contribution < 1.29 is 29.3 Å². The van der Waals surface area contributed by atoms with E-state index in [9.17, 15) is 19.8 Å². The van der Waals surface area contributed by atoms with Gasteiger partial charge < -0.3 is 29.7 Å². The number of nitrogens with zero attached hydrogens (tertiary/aromatic N) is 2. The third-order valence-electron chi connectivity index (χ3n) is 10.9. The fraction of sp³-hybridized carbons (Fsp3) is 0.292. The molecule has 8 bridgehead atoms. The van der Waals surface area contributed by atoms with Crippen LogP contribution in [-0.4, -0.2) is 55.3 Å². The number of carbonyl (C=O) groups is 2. The second-order valence-corrected chi connectivity index (χ2v) is 18.0. The Balaban J connectivity index is 1.32. The Morgan fingerprint density at radius 1 is 0.583 bits per heavy atom. The average Bonchev–Trinajstić information content (AvgIpc) is 4.03. The van der Waals surface area contributed by atoms with Crippen molar-refractivity contribution in [2.45, 2.75) is 54.4 Å². The van der Waals surface area contributed by atoms with Crippen molar-refractivity contribution in [3.63, 3.8) is 0 Å². The summed E-state index contributed by atoms with van der Waals surface area (Å²) in [4.78, 5) is 41.0. The van der Waals surface area contributed by atoms with Gasteiger partial charge in [-0.25, -0.2) is 9.97 Å². The number of benzene rings is 2. The Hall–Kier alpha value is -5.84. The van der Waals surface area contributed by atoms with Crippen LogP contribution in [0.5, 0.6) is 11.5 Å². The summed E-state index contributed by atoms with van der Waals surface area (Å²) in [6.45, 7) is 12.0. The molecule has 2 atom stereocenters. The largest absolute Gasteiger partial charge is 0.494 e. The van der Waals surface area contributed by atoms with E-state index in [0.29, 0.717) is 68.2 Å². The number of nitrogens with one attached hydrogen (secondary N) is 2. The lowest BCUT2D eigenvalue weighted by Gasteiger charge is -2.26. The van der Waals surface area contributed by atoms with Gasteiger partial charge in [-0.3, -0.25) is 9.59 Å². The smallest absolute Gasteiger partial charge is 0.307 e. The molecule has 0 saturated carbocycles. The molecule has 2 aliphatic rings. The van der Waals surface area contributed by atoms with Gasteiger partial charge >= 0.3 is 11.9 Å². The van der Waals surface area contributed by atoms with Crippen molar-refractivity contribution in [1.82, 2.24) is 19.9 Å². The summed E-state index contributed by atoms with van der Waals surface area (Å²) in [6.07, 6.45) is 8.32. The highest BCUT2D eigenvalue weighted by atomic mass is 35.5. The summed E-state index contributed by atoms with van der Waals surface area (Å²) >= 11 is 14.2. The zero-order chi connectivity index (χ0) is 42.9. The predicted octanol–water partition coefficient (Wildman–Crippen LogP) is 12.3. The van der Waals surface area contributed by atoms with E-state index in [2.05, 4.69) is 9.97 Å². The summed E-state index contributed by atoms with van der Waals surface area (Å²) in [5, 5.41) is 20.5. The van der Waals surface area contributed by atoms with E-state index in [4.69, 9.17) is 42.6 Å². The van der Waals surface area contributed by atoms with E-state index in [0.717, 1.165) is 33.3 Å². The van der Waals surface area contributed by atoms with Crippen LogP contribution in [0.2, 0.25) is 10.0 Å². The van der Waals surface area contributed by atoms with Crippen LogP contribution in [0.1, 0.15) is 77.2 Å². The first-order valence-corrected chi connectivity index (χ1v) is 20.6. The third-order valence-corrected chi connectivity index (χ3v) is 11.7.